The summed E-state index contributed by atoms with van der Waals surface area (Å²) in [5, 5.41) is 0. The van der Waals surface area contributed by atoms with Gasteiger partial charge in [-0.1, -0.05) is 29.8 Å². The van der Waals surface area contributed by atoms with Gasteiger partial charge in [-0.3, -0.25) is 0 Å². The molecule has 1 aliphatic rings. The summed E-state index contributed by atoms with van der Waals surface area (Å²) in [7, 11) is 0.493. The van der Waals surface area contributed by atoms with E-state index in [0.29, 0.717) is 13.1 Å². The molecule has 3 rings (SSSR count). The monoisotopic (exact) mass is 374 g/mol. The third-order valence-corrected chi connectivity index (χ3v) is 6.63. The van der Waals surface area contributed by atoms with E-state index >= 15 is 0 Å². The molecule has 0 unspecified atom stereocenters. The summed E-state index contributed by atoms with van der Waals surface area (Å²) in [6, 6.07) is 11.8. The van der Waals surface area contributed by atoms with Crippen molar-refractivity contribution in [2.45, 2.75) is 18.4 Å². The first-order valence-electron chi connectivity index (χ1n) is 8.78. The summed E-state index contributed by atoms with van der Waals surface area (Å²) in [4.78, 5) is 8.78. The minimum Gasteiger partial charge on any atom is -0.355 e. The highest BCUT2D eigenvalue weighted by molar-refractivity contribution is 7.89. The number of piperazine rings is 1. The van der Waals surface area contributed by atoms with E-state index in [2.05, 4.69) is 41.1 Å². The number of aryl methyl sites for hydroxylation is 1. The molecule has 1 fully saturated rings. The highest BCUT2D eigenvalue weighted by atomic mass is 32.2. The lowest BCUT2D eigenvalue weighted by atomic mass is 10.1. The maximum Gasteiger partial charge on any atom is 0.244 e. The number of aromatic nitrogens is 1. The standard InChI is InChI=1S/C19H26N4O2S/c1-16-4-6-17(7-5-16)15-22(3)19-9-8-18(14-20-19)26(24,25)23-12-10-21(2)11-13-23/h4-9,14H,10-13,15H2,1-3H3. The third-order valence-electron chi connectivity index (χ3n) is 4.75. The summed E-state index contributed by atoms with van der Waals surface area (Å²) >= 11 is 0. The quantitative estimate of drug-likeness (QED) is 0.801. The van der Waals surface area contributed by atoms with Crippen LogP contribution in [-0.2, 0) is 16.6 Å². The Hall–Kier alpha value is -1.96. The fraction of sp³-hybridized carbons (Fsp3) is 0.421. The minimum atomic E-state index is -3.47. The van der Waals surface area contributed by atoms with Gasteiger partial charge < -0.3 is 9.80 Å². The van der Waals surface area contributed by atoms with E-state index in [1.807, 2.05) is 19.0 Å². The van der Waals surface area contributed by atoms with Crippen LogP contribution in [0.3, 0.4) is 0 Å². The Bertz CT molecular complexity index is 827. The van der Waals surface area contributed by atoms with Crippen molar-refractivity contribution >= 4 is 15.8 Å². The maximum atomic E-state index is 12.8. The first-order chi connectivity index (χ1) is 12.4. The van der Waals surface area contributed by atoms with E-state index in [4.69, 9.17) is 0 Å². The van der Waals surface area contributed by atoms with Gasteiger partial charge in [-0.25, -0.2) is 13.4 Å². The second-order valence-corrected chi connectivity index (χ2v) is 8.84. The van der Waals surface area contributed by atoms with Gasteiger partial charge in [-0.15, -0.1) is 0 Å². The first kappa shape index (κ1) is 18.8. The Kier molecular flexibility index (Phi) is 5.60. The van der Waals surface area contributed by atoms with Crippen molar-refractivity contribution in [3.8, 4) is 0 Å². The van der Waals surface area contributed by atoms with Crippen LogP contribution in [0, 0.1) is 6.92 Å². The number of pyridine rings is 1. The van der Waals surface area contributed by atoms with Gasteiger partial charge >= 0.3 is 0 Å². The Labute approximate surface area is 156 Å². The number of hydrogen-bond acceptors (Lipinski definition) is 5. The molecule has 1 aliphatic heterocycles. The number of rotatable bonds is 5. The fourth-order valence-electron chi connectivity index (χ4n) is 2.98. The molecule has 0 amide bonds. The van der Waals surface area contributed by atoms with E-state index in [9.17, 15) is 8.42 Å². The number of nitrogens with zero attached hydrogens (tertiary/aromatic N) is 4. The van der Waals surface area contributed by atoms with Crippen LogP contribution in [0.15, 0.2) is 47.5 Å². The van der Waals surface area contributed by atoms with Gasteiger partial charge in [0.1, 0.15) is 10.7 Å². The molecule has 0 saturated carbocycles. The average Bonchev–Trinajstić information content (AvgIpc) is 2.64. The van der Waals surface area contributed by atoms with Crippen molar-refractivity contribution in [1.29, 1.82) is 0 Å². The third kappa shape index (κ3) is 4.23. The predicted octanol–water partition coefficient (Wildman–Crippen LogP) is 1.96. The molecule has 0 aliphatic carbocycles. The van der Waals surface area contributed by atoms with E-state index < -0.39 is 10.0 Å². The molecule has 6 nitrogen and oxygen atoms in total. The Morgan fingerprint density at radius 2 is 1.69 bits per heavy atom. The molecule has 0 atom stereocenters. The van der Waals surface area contributed by atoms with Crippen LogP contribution in [0.1, 0.15) is 11.1 Å². The molecular weight excluding hydrogens is 348 g/mol. The Morgan fingerprint density at radius 3 is 2.27 bits per heavy atom. The van der Waals surface area contributed by atoms with Gasteiger partial charge in [0.15, 0.2) is 0 Å². The van der Waals surface area contributed by atoms with Crippen molar-refractivity contribution in [2.24, 2.45) is 0 Å². The van der Waals surface area contributed by atoms with Gasteiger partial charge in [0.25, 0.3) is 0 Å². The lowest BCUT2D eigenvalue weighted by molar-refractivity contribution is 0.222. The molecule has 2 heterocycles. The summed E-state index contributed by atoms with van der Waals surface area (Å²) in [6.45, 7) is 5.34. The largest absolute Gasteiger partial charge is 0.355 e. The molecule has 0 radical (unpaired) electrons. The molecule has 0 bridgehead atoms. The molecule has 0 N–H and O–H groups in total. The highest BCUT2D eigenvalue weighted by Gasteiger charge is 2.27. The molecular formula is C19H26N4O2S. The van der Waals surface area contributed by atoms with E-state index in [0.717, 1.165) is 25.5 Å². The van der Waals surface area contributed by atoms with Crippen LogP contribution in [0.2, 0.25) is 0 Å². The zero-order valence-electron chi connectivity index (χ0n) is 15.6. The van der Waals surface area contributed by atoms with E-state index in [1.165, 1.54) is 17.3 Å². The second-order valence-electron chi connectivity index (χ2n) is 6.90. The lowest BCUT2D eigenvalue weighted by Crippen LogP contribution is -2.47. The zero-order chi connectivity index (χ0) is 18.7. The van der Waals surface area contributed by atoms with Crippen molar-refractivity contribution in [3.63, 3.8) is 0 Å². The van der Waals surface area contributed by atoms with Gasteiger partial charge in [-0.05, 0) is 31.7 Å². The topological polar surface area (TPSA) is 56.8 Å². The number of anilines is 1. The molecule has 2 aromatic rings. The number of benzene rings is 1. The van der Waals surface area contributed by atoms with Crippen molar-refractivity contribution in [3.05, 3.63) is 53.7 Å². The Balaban J connectivity index is 1.70. The van der Waals surface area contributed by atoms with Crippen LogP contribution in [0.5, 0.6) is 0 Å². The van der Waals surface area contributed by atoms with Crippen LogP contribution >= 0.6 is 0 Å². The number of likely N-dealkylation sites (N-methyl/N-ethyl adjacent to an activating group) is 1. The van der Waals surface area contributed by atoms with Gasteiger partial charge in [0.05, 0.1) is 0 Å². The smallest absolute Gasteiger partial charge is 0.244 e. The molecule has 1 aromatic carbocycles. The number of sulfonamides is 1. The Morgan fingerprint density at radius 1 is 1.04 bits per heavy atom. The lowest BCUT2D eigenvalue weighted by Gasteiger charge is -2.31. The zero-order valence-corrected chi connectivity index (χ0v) is 16.4. The first-order valence-corrected chi connectivity index (χ1v) is 10.2. The molecule has 1 aromatic heterocycles. The summed E-state index contributed by atoms with van der Waals surface area (Å²) < 4.78 is 27.0. The van der Waals surface area contributed by atoms with Gasteiger partial charge in [0.2, 0.25) is 10.0 Å². The minimum absolute atomic E-state index is 0.259. The average molecular weight is 375 g/mol. The summed E-state index contributed by atoms with van der Waals surface area (Å²) in [5.74, 6) is 0.753. The highest BCUT2D eigenvalue weighted by Crippen LogP contribution is 2.20. The summed E-state index contributed by atoms with van der Waals surface area (Å²) in [5.41, 5.74) is 2.42. The normalized spacial score (nSPS) is 16.6. The predicted molar refractivity (Wildman–Crippen MR) is 104 cm³/mol. The van der Waals surface area contributed by atoms with E-state index in [-0.39, 0.29) is 4.90 Å². The fourth-order valence-corrected chi connectivity index (χ4v) is 4.34. The maximum absolute atomic E-state index is 12.8. The summed E-state index contributed by atoms with van der Waals surface area (Å²) in [6.07, 6.45) is 1.47. The van der Waals surface area contributed by atoms with Gasteiger partial charge in [-0.2, -0.15) is 4.31 Å². The molecule has 140 valence electrons. The number of hydrogen-bond donors (Lipinski definition) is 0. The van der Waals surface area contributed by atoms with E-state index in [1.54, 1.807) is 16.4 Å². The van der Waals surface area contributed by atoms with Crippen LogP contribution in [-0.4, -0.2) is 62.9 Å². The molecule has 26 heavy (non-hydrogen) atoms. The van der Waals surface area contributed by atoms with Crippen molar-refractivity contribution in [2.75, 3.05) is 45.2 Å². The second kappa shape index (κ2) is 7.73. The SMILES string of the molecule is Cc1ccc(CN(C)c2ccc(S(=O)(=O)N3CCN(C)CC3)cn2)cc1. The van der Waals surface area contributed by atoms with Crippen molar-refractivity contribution < 1.29 is 8.42 Å². The molecule has 1 saturated heterocycles. The van der Waals surface area contributed by atoms with Gasteiger partial charge in [0, 0.05) is 46.0 Å². The van der Waals surface area contributed by atoms with Crippen LogP contribution in [0.25, 0.3) is 0 Å². The van der Waals surface area contributed by atoms with Crippen molar-refractivity contribution in [1.82, 2.24) is 14.2 Å². The van der Waals surface area contributed by atoms with Crippen LogP contribution < -0.4 is 4.90 Å². The molecule has 7 heteroatoms. The molecule has 0 spiro atoms. The van der Waals surface area contributed by atoms with Crippen LogP contribution in [0.4, 0.5) is 5.82 Å².